The molecule has 1 N–H and O–H groups in total. The summed E-state index contributed by atoms with van der Waals surface area (Å²) in [6, 6.07) is 4.30. The van der Waals surface area contributed by atoms with E-state index in [9.17, 15) is 13.3 Å². The summed E-state index contributed by atoms with van der Waals surface area (Å²) in [5.74, 6) is -0.721. The van der Waals surface area contributed by atoms with Gasteiger partial charge < -0.3 is 23.8 Å². The number of hydrogen-bond acceptors (Lipinski definition) is 6. The normalized spacial score (nSPS) is 16.9. The summed E-state index contributed by atoms with van der Waals surface area (Å²) >= 11 is 0. The Morgan fingerprint density at radius 1 is 1.17 bits per heavy atom. The minimum Gasteiger partial charge on any atom is -0.395 e. The summed E-state index contributed by atoms with van der Waals surface area (Å²) in [5.41, 5.74) is 0.466. The molecule has 1 unspecified atom stereocenters. The number of rotatable bonds is 9. The first-order chi connectivity index (χ1) is 11.3. The van der Waals surface area contributed by atoms with E-state index in [-0.39, 0.29) is 24.7 Å². The van der Waals surface area contributed by atoms with Gasteiger partial charge in [0.1, 0.15) is 5.78 Å². The highest BCUT2D eigenvalue weighted by Crippen LogP contribution is 2.54. The maximum Gasteiger partial charge on any atom is 0.586 e. The molecule has 1 atom stereocenters. The maximum absolute atomic E-state index is 13.1. The molecule has 6 nitrogen and oxygen atoms in total. The van der Waals surface area contributed by atoms with E-state index >= 15 is 0 Å². The van der Waals surface area contributed by atoms with Crippen molar-refractivity contribution in [1.82, 2.24) is 0 Å². The van der Waals surface area contributed by atoms with E-state index in [1.165, 1.54) is 12.1 Å². The van der Waals surface area contributed by atoms with Crippen LogP contribution >= 0.6 is 7.60 Å². The van der Waals surface area contributed by atoms with Crippen LogP contribution in [-0.2, 0) is 13.6 Å². The number of anilines is 1. The topological polar surface area (TPSA) is 66.0 Å². The number of ether oxygens (including phenoxy) is 2. The van der Waals surface area contributed by atoms with Crippen LogP contribution < -0.4 is 14.8 Å². The van der Waals surface area contributed by atoms with Crippen molar-refractivity contribution in [2.24, 2.45) is 0 Å². The van der Waals surface area contributed by atoms with Gasteiger partial charge in [-0.3, -0.25) is 4.57 Å². The molecular weight excluding hydrogens is 343 g/mol. The molecule has 1 aromatic carbocycles. The fraction of sp³-hybridized carbons (Fsp3) is 0.600. The van der Waals surface area contributed by atoms with Crippen LogP contribution in [0, 0.1) is 0 Å². The van der Waals surface area contributed by atoms with Crippen molar-refractivity contribution in [3.63, 3.8) is 0 Å². The zero-order valence-electron chi connectivity index (χ0n) is 13.9. The molecule has 136 valence electrons. The number of benzene rings is 1. The van der Waals surface area contributed by atoms with Gasteiger partial charge in [-0.05, 0) is 32.4 Å². The van der Waals surface area contributed by atoms with Gasteiger partial charge in [-0.15, -0.1) is 8.78 Å². The Bertz CT molecular complexity index is 604. The van der Waals surface area contributed by atoms with Gasteiger partial charge in [0.25, 0.3) is 0 Å². The number of fused-ring (bicyclic) bond motifs is 1. The van der Waals surface area contributed by atoms with Gasteiger partial charge in [0.2, 0.25) is 0 Å². The average Bonchev–Trinajstić information content (AvgIpc) is 2.80. The lowest BCUT2D eigenvalue weighted by Crippen LogP contribution is -2.26. The van der Waals surface area contributed by atoms with Crippen molar-refractivity contribution >= 4 is 13.3 Å². The lowest BCUT2D eigenvalue weighted by Gasteiger charge is -2.27. The molecule has 0 aliphatic carbocycles. The lowest BCUT2D eigenvalue weighted by atomic mass is 10.2. The van der Waals surface area contributed by atoms with E-state index in [1.807, 2.05) is 6.92 Å². The molecule has 0 saturated heterocycles. The number of hydrogen-bond donors (Lipinski definition) is 1. The van der Waals surface area contributed by atoms with Crippen molar-refractivity contribution in [3.05, 3.63) is 18.2 Å². The van der Waals surface area contributed by atoms with E-state index in [2.05, 4.69) is 14.8 Å². The van der Waals surface area contributed by atoms with Gasteiger partial charge in [-0.2, -0.15) is 0 Å². The van der Waals surface area contributed by atoms with Gasteiger partial charge in [0.15, 0.2) is 11.5 Å². The van der Waals surface area contributed by atoms with E-state index in [1.54, 1.807) is 19.9 Å². The molecule has 0 saturated carbocycles. The Balaban J connectivity index is 2.21. The third-order valence-electron chi connectivity index (χ3n) is 3.30. The molecular formula is C15H22F2NO5P. The highest BCUT2D eigenvalue weighted by Gasteiger charge is 2.43. The quantitative estimate of drug-likeness (QED) is 0.634. The molecule has 0 fully saturated rings. The molecule has 0 bridgehead atoms. The Morgan fingerprint density at radius 2 is 1.79 bits per heavy atom. The predicted octanol–water partition coefficient (Wildman–Crippen LogP) is 4.81. The van der Waals surface area contributed by atoms with E-state index in [0.29, 0.717) is 12.1 Å². The Morgan fingerprint density at radius 3 is 2.38 bits per heavy atom. The minimum atomic E-state index is -3.67. The number of halogens is 2. The van der Waals surface area contributed by atoms with Crippen LogP contribution in [-0.4, -0.2) is 25.3 Å². The van der Waals surface area contributed by atoms with Gasteiger partial charge in [0, 0.05) is 11.8 Å². The first-order valence-electron chi connectivity index (χ1n) is 7.88. The number of nitrogens with one attached hydrogen (secondary N) is 1. The largest absolute Gasteiger partial charge is 0.586 e. The Labute approximate surface area is 140 Å². The van der Waals surface area contributed by atoms with Gasteiger partial charge in [0.05, 0.1) is 13.2 Å². The fourth-order valence-corrected chi connectivity index (χ4v) is 4.43. The van der Waals surface area contributed by atoms with Crippen LogP contribution in [0.25, 0.3) is 0 Å². The SMILES string of the molecule is CCCC(Nc1ccc2c(c1)OC(F)(F)O2)P(=O)(OCC)OCC. The van der Waals surface area contributed by atoms with Crippen LogP contribution in [0.3, 0.4) is 0 Å². The summed E-state index contributed by atoms with van der Waals surface area (Å²) in [4.78, 5) is 0. The summed E-state index contributed by atoms with van der Waals surface area (Å²) in [7, 11) is -3.39. The Kier molecular flexibility index (Phi) is 6.06. The zero-order valence-corrected chi connectivity index (χ0v) is 14.8. The molecule has 0 aromatic heterocycles. The fourth-order valence-electron chi connectivity index (χ4n) is 2.39. The average molecular weight is 365 g/mol. The lowest BCUT2D eigenvalue weighted by molar-refractivity contribution is -0.286. The molecule has 1 aliphatic rings. The predicted molar refractivity (Wildman–Crippen MR) is 85.8 cm³/mol. The van der Waals surface area contributed by atoms with Crippen LogP contribution in [0.4, 0.5) is 14.5 Å². The zero-order chi connectivity index (χ0) is 17.8. The van der Waals surface area contributed by atoms with E-state index in [4.69, 9.17) is 9.05 Å². The van der Waals surface area contributed by atoms with Gasteiger partial charge in [-0.25, -0.2) is 0 Å². The van der Waals surface area contributed by atoms with Gasteiger partial charge in [-0.1, -0.05) is 13.3 Å². The third kappa shape index (κ3) is 4.37. The first-order valence-corrected chi connectivity index (χ1v) is 9.50. The first kappa shape index (κ1) is 19.0. The molecule has 0 spiro atoms. The monoisotopic (exact) mass is 365 g/mol. The van der Waals surface area contributed by atoms with E-state index < -0.39 is 19.7 Å². The molecule has 0 radical (unpaired) electrons. The second kappa shape index (κ2) is 7.68. The van der Waals surface area contributed by atoms with Gasteiger partial charge >= 0.3 is 13.9 Å². The summed E-state index contributed by atoms with van der Waals surface area (Å²) in [5, 5.41) is 3.05. The smallest absolute Gasteiger partial charge is 0.395 e. The van der Waals surface area contributed by atoms with Crippen molar-refractivity contribution in [2.45, 2.75) is 45.7 Å². The molecule has 24 heavy (non-hydrogen) atoms. The molecule has 2 rings (SSSR count). The number of alkyl halides is 2. The van der Waals surface area contributed by atoms with Crippen molar-refractivity contribution in [1.29, 1.82) is 0 Å². The summed E-state index contributed by atoms with van der Waals surface area (Å²) in [6.45, 7) is 5.89. The minimum absolute atomic E-state index is 0.0459. The van der Waals surface area contributed by atoms with Crippen molar-refractivity contribution in [2.75, 3.05) is 18.5 Å². The molecule has 1 aliphatic heterocycles. The summed E-state index contributed by atoms with van der Waals surface area (Å²) in [6.07, 6.45) is -2.40. The van der Waals surface area contributed by atoms with E-state index in [0.717, 1.165) is 6.42 Å². The molecule has 1 heterocycles. The highest BCUT2D eigenvalue weighted by molar-refractivity contribution is 7.54. The van der Waals surface area contributed by atoms with Crippen LogP contribution in [0.5, 0.6) is 11.5 Å². The van der Waals surface area contributed by atoms with Crippen LogP contribution in [0.15, 0.2) is 18.2 Å². The van der Waals surface area contributed by atoms with Crippen LogP contribution in [0.2, 0.25) is 0 Å². The second-order valence-electron chi connectivity index (χ2n) is 5.15. The van der Waals surface area contributed by atoms with Crippen molar-refractivity contribution in [3.8, 4) is 11.5 Å². The molecule has 0 amide bonds. The van der Waals surface area contributed by atoms with Crippen molar-refractivity contribution < 1.29 is 31.9 Å². The molecule has 1 aromatic rings. The maximum atomic E-state index is 13.1. The Hall–Kier alpha value is -1.37. The second-order valence-corrected chi connectivity index (χ2v) is 7.37. The summed E-state index contributed by atoms with van der Waals surface area (Å²) < 4.78 is 58.7. The van der Waals surface area contributed by atoms with Crippen LogP contribution in [0.1, 0.15) is 33.6 Å². The highest BCUT2D eigenvalue weighted by atomic mass is 31.2. The standard InChI is InChI=1S/C15H22F2NO5P/c1-4-7-14(24(19,20-5-2)21-6-3)18-11-8-9-12-13(10-11)23-15(16,17)22-12/h8-10,14,18H,4-7H2,1-3H3. The third-order valence-corrected chi connectivity index (χ3v) is 5.68. The molecule has 9 heteroatoms.